The number of piperidine rings is 1. The zero-order valence-electron chi connectivity index (χ0n) is 10.7. The Morgan fingerprint density at radius 2 is 2.18 bits per heavy atom. The number of nitrogens with zero attached hydrogens (tertiary/aromatic N) is 1. The Morgan fingerprint density at radius 3 is 2.76 bits per heavy atom. The van der Waals surface area contributed by atoms with E-state index < -0.39 is 0 Å². The second-order valence-corrected chi connectivity index (χ2v) is 5.25. The molecule has 0 aromatic heterocycles. The van der Waals surface area contributed by atoms with Crippen molar-refractivity contribution < 1.29 is 4.79 Å². The van der Waals surface area contributed by atoms with Crippen LogP contribution >= 0.6 is 0 Å². The molecule has 0 aromatic rings. The van der Waals surface area contributed by atoms with Crippen LogP contribution in [0.3, 0.4) is 0 Å². The van der Waals surface area contributed by atoms with E-state index in [1.165, 1.54) is 32.1 Å². The van der Waals surface area contributed by atoms with E-state index in [4.69, 9.17) is 0 Å². The molecule has 1 aliphatic heterocycles. The third kappa shape index (κ3) is 3.84. The fraction of sp³-hybridized carbons (Fsp3) is 0.786. The number of carbonyl (C=O) groups excluding carboxylic acids is 1. The van der Waals surface area contributed by atoms with Crippen molar-refractivity contribution >= 4 is 5.91 Å². The Hall–Kier alpha value is -0.830. The second-order valence-electron chi connectivity index (χ2n) is 5.25. The normalized spacial score (nSPS) is 24.4. The van der Waals surface area contributed by atoms with Gasteiger partial charge < -0.3 is 10.2 Å². The molecule has 3 nitrogen and oxygen atoms in total. The summed E-state index contributed by atoms with van der Waals surface area (Å²) in [6, 6.07) is 1.06. The zero-order chi connectivity index (χ0) is 12.1. The third-order valence-corrected chi connectivity index (χ3v) is 3.70. The summed E-state index contributed by atoms with van der Waals surface area (Å²) in [6.45, 7) is 5.72. The van der Waals surface area contributed by atoms with Crippen LogP contribution in [0.4, 0.5) is 0 Å². The van der Waals surface area contributed by atoms with Gasteiger partial charge in [-0.2, -0.15) is 0 Å². The van der Waals surface area contributed by atoms with E-state index in [9.17, 15) is 4.79 Å². The Morgan fingerprint density at radius 1 is 1.35 bits per heavy atom. The minimum absolute atomic E-state index is 0.319. The van der Waals surface area contributed by atoms with E-state index in [0.29, 0.717) is 24.4 Å². The first kappa shape index (κ1) is 12.6. The van der Waals surface area contributed by atoms with Gasteiger partial charge in [-0.05, 0) is 38.6 Å². The molecule has 1 N–H and O–H groups in total. The van der Waals surface area contributed by atoms with Crippen LogP contribution < -0.4 is 5.32 Å². The van der Waals surface area contributed by atoms with Crippen molar-refractivity contribution in [3.8, 4) is 0 Å². The molecule has 0 bridgehead atoms. The lowest BCUT2D eigenvalue weighted by Gasteiger charge is -2.30. The van der Waals surface area contributed by atoms with Gasteiger partial charge in [0.15, 0.2) is 0 Å². The number of hydrogen-bond acceptors (Lipinski definition) is 2. The molecule has 0 radical (unpaired) electrons. The first-order valence-corrected chi connectivity index (χ1v) is 6.95. The topological polar surface area (TPSA) is 32.3 Å². The molecule has 1 saturated carbocycles. The Kier molecular flexibility index (Phi) is 4.60. The number of amides is 1. The third-order valence-electron chi connectivity index (χ3n) is 3.70. The molecule has 17 heavy (non-hydrogen) atoms. The molecule has 0 spiro atoms. The van der Waals surface area contributed by atoms with Gasteiger partial charge >= 0.3 is 0 Å². The second kappa shape index (κ2) is 6.20. The maximum absolute atomic E-state index is 12.1. The highest BCUT2D eigenvalue weighted by Gasteiger charge is 2.33. The molecule has 1 unspecified atom stereocenters. The van der Waals surface area contributed by atoms with Gasteiger partial charge in [0.25, 0.3) is 0 Å². The number of carbonyl (C=O) groups is 1. The minimum Gasteiger partial charge on any atom is -0.338 e. The van der Waals surface area contributed by atoms with Crippen molar-refractivity contribution in [3.05, 3.63) is 12.7 Å². The molecule has 2 fully saturated rings. The smallest absolute Gasteiger partial charge is 0.223 e. The summed E-state index contributed by atoms with van der Waals surface area (Å²) in [7, 11) is 0. The van der Waals surface area contributed by atoms with Crippen molar-refractivity contribution in [2.45, 2.75) is 57.0 Å². The van der Waals surface area contributed by atoms with Crippen molar-refractivity contribution in [2.75, 3.05) is 13.1 Å². The fourth-order valence-corrected chi connectivity index (χ4v) is 2.53. The van der Waals surface area contributed by atoms with Gasteiger partial charge in [0.2, 0.25) is 5.91 Å². The summed E-state index contributed by atoms with van der Waals surface area (Å²) in [5.41, 5.74) is 0. The predicted octanol–water partition coefficient (Wildman–Crippen LogP) is 2.09. The van der Waals surface area contributed by atoms with E-state index >= 15 is 0 Å². The molecule has 96 valence electrons. The highest BCUT2D eigenvalue weighted by Crippen LogP contribution is 2.28. The first-order valence-electron chi connectivity index (χ1n) is 6.95. The lowest BCUT2D eigenvalue weighted by Crippen LogP contribution is -2.46. The van der Waals surface area contributed by atoms with Crippen LogP contribution in [-0.4, -0.2) is 36.0 Å². The van der Waals surface area contributed by atoms with E-state index in [1.807, 2.05) is 6.08 Å². The lowest BCUT2D eigenvalue weighted by molar-refractivity contribution is -0.132. The van der Waals surface area contributed by atoms with Gasteiger partial charge in [0.1, 0.15) is 0 Å². The van der Waals surface area contributed by atoms with Gasteiger partial charge in [0.05, 0.1) is 0 Å². The molecule has 1 saturated heterocycles. The number of rotatable bonds is 6. The molecule has 0 aromatic carbocycles. The van der Waals surface area contributed by atoms with Crippen molar-refractivity contribution in [3.63, 3.8) is 0 Å². The van der Waals surface area contributed by atoms with Crippen molar-refractivity contribution in [2.24, 2.45) is 0 Å². The molecule has 1 heterocycles. The van der Waals surface area contributed by atoms with Gasteiger partial charge in [-0.25, -0.2) is 0 Å². The molecule has 1 atom stereocenters. The molecule has 2 rings (SSSR count). The Labute approximate surface area is 104 Å². The quantitative estimate of drug-likeness (QED) is 0.716. The minimum atomic E-state index is 0.319. The largest absolute Gasteiger partial charge is 0.338 e. The molecule has 1 amide bonds. The molecular formula is C14H24N2O. The Bertz CT molecular complexity index is 267. The predicted molar refractivity (Wildman–Crippen MR) is 69.8 cm³/mol. The number of allylic oxidation sites excluding steroid dienone is 1. The molecular weight excluding hydrogens is 212 g/mol. The van der Waals surface area contributed by atoms with Gasteiger partial charge in [-0.3, -0.25) is 4.79 Å². The van der Waals surface area contributed by atoms with Gasteiger partial charge in [-0.1, -0.05) is 12.5 Å². The van der Waals surface area contributed by atoms with Crippen molar-refractivity contribution in [1.82, 2.24) is 10.2 Å². The monoisotopic (exact) mass is 236 g/mol. The van der Waals surface area contributed by atoms with Crippen LogP contribution in [0, 0.1) is 0 Å². The Balaban J connectivity index is 1.83. The van der Waals surface area contributed by atoms with E-state index in [2.05, 4.69) is 16.8 Å². The highest BCUT2D eigenvalue weighted by molar-refractivity contribution is 5.77. The van der Waals surface area contributed by atoms with Gasteiger partial charge in [-0.15, -0.1) is 6.58 Å². The van der Waals surface area contributed by atoms with Crippen LogP contribution in [0.1, 0.15) is 44.9 Å². The van der Waals surface area contributed by atoms with Crippen molar-refractivity contribution in [1.29, 1.82) is 0 Å². The van der Waals surface area contributed by atoms with Crippen LogP contribution in [0.25, 0.3) is 0 Å². The standard InChI is InChI=1S/C14H24N2O/c1-2-3-7-14(17)16(13-8-9-13)11-12-6-4-5-10-15-12/h2,12-13,15H,1,3-11H2. The van der Waals surface area contributed by atoms with Crippen LogP contribution in [0.15, 0.2) is 12.7 Å². The number of nitrogens with one attached hydrogen (secondary N) is 1. The summed E-state index contributed by atoms with van der Waals surface area (Å²) in [5, 5.41) is 3.53. The summed E-state index contributed by atoms with van der Waals surface area (Å²) in [6.07, 6.45) is 9.48. The SMILES string of the molecule is C=CCCC(=O)N(CC1CCCCN1)C1CC1. The van der Waals surface area contributed by atoms with E-state index in [0.717, 1.165) is 19.5 Å². The number of hydrogen-bond donors (Lipinski definition) is 1. The van der Waals surface area contributed by atoms with Gasteiger partial charge in [0, 0.05) is 25.0 Å². The van der Waals surface area contributed by atoms with E-state index in [1.54, 1.807) is 0 Å². The molecule has 3 heteroatoms. The summed E-state index contributed by atoms with van der Waals surface area (Å²) >= 11 is 0. The van der Waals surface area contributed by atoms with E-state index in [-0.39, 0.29) is 0 Å². The highest BCUT2D eigenvalue weighted by atomic mass is 16.2. The van der Waals surface area contributed by atoms with Crippen LogP contribution in [-0.2, 0) is 4.79 Å². The average molecular weight is 236 g/mol. The van der Waals surface area contributed by atoms with Crippen LogP contribution in [0.2, 0.25) is 0 Å². The summed E-state index contributed by atoms with van der Waals surface area (Å²) in [4.78, 5) is 14.2. The fourth-order valence-electron chi connectivity index (χ4n) is 2.53. The maximum atomic E-state index is 12.1. The average Bonchev–Trinajstić information content (AvgIpc) is 3.18. The first-order chi connectivity index (χ1) is 8.31. The van der Waals surface area contributed by atoms with Crippen LogP contribution in [0.5, 0.6) is 0 Å². The zero-order valence-corrected chi connectivity index (χ0v) is 10.7. The summed E-state index contributed by atoms with van der Waals surface area (Å²) in [5.74, 6) is 0.319. The maximum Gasteiger partial charge on any atom is 0.223 e. The molecule has 2 aliphatic rings. The lowest BCUT2D eigenvalue weighted by atomic mass is 10.0. The molecule has 1 aliphatic carbocycles. The summed E-state index contributed by atoms with van der Waals surface area (Å²) < 4.78 is 0.